The molecule has 0 saturated heterocycles. The molecule has 1 heterocycles. The molecule has 0 radical (unpaired) electrons. The van der Waals surface area contributed by atoms with E-state index < -0.39 is 5.97 Å². The van der Waals surface area contributed by atoms with Gasteiger partial charge in [-0.15, -0.1) is 26.7 Å². The van der Waals surface area contributed by atoms with Gasteiger partial charge in [-0.25, -0.2) is 20.6 Å². The van der Waals surface area contributed by atoms with Gasteiger partial charge in [0.25, 0.3) is 0 Å². The van der Waals surface area contributed by atoms with Crippen molar-refractivity contribution < 1.29 is 15.0 Å². The minimum absolute atomic E-state index is 0.303. The molecule has 0 fully saturated rings. The van der Waals surface area contributed by atoms with Crippen LogP contribution < -0.4 is 16.2 Å². The maximum atomic E-state index is 12.0. The molecule has 1 unspecified atom stereocenters. The van der Waals surface area contributed by atoms with E-state index in [0.717, 1.165) is 62.8 Å². The van der Waals surface area contributed by atoms with Crippen LogP contribution in [0.5, 0.6) is 0 Å². The van der Waals surface area contributed by atoms with Crippen molar-refractivity contribution in [2.75, 3.05) is 17.3 Å². The summed E-state index contributed by atoms with van der Waals surface area (Å²) in [6.45, 7) is 6.69. The lowest BCUT2D eigenvalue weighted by Gasteiger charge is -2.15. The average Bonchev–Trinajstić information content (AvgIpc) is 3.61. The first-order valence-electron chi connectivity index (χ1n) is 16.0. The van der Waals surface area contributed by atoms with Crippen molar-refractivity contribution >= 4 is 78.1 Å². The third-order valence-corrected chi connectivity index (χ3v) is 8.51. The van der Waals surface area contributed by atoms with E-state index in [1.54, 1.807) is 5.38 Å². The van der Waals surface area contributed by atoms with Crippen LogP contribution >= 0.6 is 11.3 Å². The highest BCUT2D eigenvalue weighted by atomic mass is 32.1. The molecule has 1 aromatic heterocycles. The molecule has 1 atom stereocenters. The average molecular weight is 658 g/mol. The number of nitrogen functional groups attached to an aromatic ring is 1. The lowest BCUT2D eigenvalue weighted by molar-refractivity contribution is -0.538. The molecule has 242 valence electrons. The highest BCUT2D eigenvalue weighted by molar-refractivity contribution is 7.13. The van der Waals surface area contributed by atoms with E-state index in [1.165, 1.54) is 11.3 Å². The maximum absolute atomic E-state index is 12.0. The molecule has 5 aromatic carbocycles. The zero-order chi connectivity index (χ0) is 33.3. The van der Waals surface area contributed by atoms with E-state index in [4.69, 9.17) is 9.85 Å². The third-order valence-electron chi connectivity index (χ3n) is 7.74. The highest BCUT2D eigenvalue weighted by Gasteiger charge is 2.13. The largest absolute Gasteiger partial charge is 0.461 e. The Labute approximate surface area is 283 Å². The van der Waals surface area contributed by atoms with Crippen LogP contribution in [0.1, 0.15) is 44.1 Å². The Hall–Kier alpha value is -5.52. The van der Waals surface area contributed by atoms with Crippen molar-refractivity contribution in [1.29, 1.82) is 0 Å². The first-order valence-corrected chi connectivity index (χ1v) is 16.9. The van der Waals surface area contributed by atoms with Crippen molar-refractivity contribution in [3.05, 3.63) is 108 Å². The predicted octanol–water partition coefficient (Wildman–Crippen LogP) is 10.3. The van der Waals surface area contributed by atoms with Crippen LogP contribution in [0.15, 0.2) is 123 Å². The minimum Gasteiger partial charge on any atom is -0.461 e. The molecule has 10 nitrogen and oxygen atoms in total. The fraction of sp³-hybridized carbons (Fsp3) is 0.189. The van der Waals surface area contributed by atoms with Gasteiger partial charge in [-0.05, 0) is 56.2 Å². The summed E-state index contributed by atoms with van der Waals surface area (Å²) in [5, 5.41) is 28.4. The number of thiazole rings is 1. The topological polar surface area (TPSA) is 129 Å². The summed E-state index contributed by atoms with van der Waals surface area (Å²) in [5.74, 6) is -0.410. The molecule has 0 bridgehead atoms. The monoisotopic (exact) mass is 657 g/mol. The molecular formula is C37H37N8O2S+. The fourth-order valence-corrected chi connectivity index (χ4v) is 5.66. The standard InChI is InChI=1S/C37H36N8O2S/c1-4-22-47-36(46)35-23-48-37(39-35)45-41-26-16-14-25(15-17-26)40-42-32-20-21-34(30-13-9-8-12-29(30)32)44-43-33-19-18-31(38-24(3)5-2)27-10-6-7-11-28(27)33/h6-21,23-24,38,41H,4-5,22H2,1-3H3,(H,39,45)/p+1. The van der Waals surface area contributed by atoms with Crippen LogP contribution in [0.2, 0.25) is 0 Å². The number of ether oxygens (including phenoxy) is 1. The Morgan fingerprint density at radius 2 is 1.38 bits per heavy atom. The first-order chi connectivity index (χ1) is 23.5. The summed E-state index contributed by atoms with van der Waals surface area (Å²) in [6.07, 6.45) is 1.81. The Bertz CT molecular complexity index is 2090. The number of nitrogens with zero attached hydrogens (tertiary/aromatic N) is 5. The molecule has 0 amide bonds. The van der Waals surface area contributed by atoms with Gasteiger partial charge in [0.05, 0.1) is 29.4 Å². The molecule has 0 aliphatic heterocycles. The van der Waals surface area contributed by atoms with Gasteiger partial charge in [-0.1, -0.05) is 62.4 Å². The van der Waals surface area contributed by atoms with Crippen molar-refractivity contribution in [3.63, 3.8) is 0 Å². The van der Waals surface area contributed by atoms with Crippen LogP contribution in [0.3, 0.4) is 0 Å². The summed E-state index contributed by atoms with van der Waals surface area (Å²) >= 11 is 1.34. The second-order valence-electron chi connectivity index (χ2n) is 11.2. The summed E-state index contributed by atoms with van der Waals surface area (Å²) < 4.78 is 5.14. The van der Waals surface area contributed by atoms with Crippen molar-refractivity contribution in [3.8, 4) is 0 Å². The van der Waals surface area contributed by atoms with Crippen LogP contribution in [0.25, 0.3) is 21.5 Å². The molecule has 6 rings (SSSR count). The number of carbonyl (C=O) groups is 1. The maximum Gasteiger partial charge on any atom is 0.357 e. The lowest BCUT2D eigenvalue weighted by Crippen LogP contribution is -2.82. The minimum atomic E-state index is -0.410. The smallest absolute Gasteiger partial charge is 0.357 e. The zero-order valence-electron chi connectivity index (χ0n) is 27.1. The molecule has 0 aliphatic carbocycles. The van der Waals surface area contributed by atoms with Crippen LogP contribution in [-0.2, 0) is 4.74 Å². The molecule has 11 heteroatoms. The van der Waals surface area contributed by atoms with Gasteiger partial charge in [0.2, 0.25) is 5.13 Å². The second-order valence-corrected chi connectivity index (χ2v) is 12.1. The Kier molecular flexibility index (Phi) is 10.4. The summed E-state index contributed by atoms with van der Waals surface area (Å²) in [4.78, 5) is 16.3. The number of carbonyl (C=O) groups excluding carboxylic acids is 1. The number of anilines is 2. The lowest BCUT2D eigenvalue weighted by atomic mass is 10.1. The number of hydrogen-bond donors (Lipinski definition) is 3. The number of nitrogens with two attached hydrogens (primary N) is 1. The quantitative estimate of drug-likeness (QED) is 0.0374. The number of benzene rings is 5. The van der Waals surface area contributed by atoms with Gasteiger partial charge >= 0.3 is 5.97 Å². The Balaban J connectivity index is 1.15. The van der Waals surface area contributed by atoms with Gasteiger partial charge < -0.3 is 10.1 Å². The third kappa shape index (κ3) is 7.71. The molecular weight excluding hydrogens is 621 g/mol. The zero-order valence-corrected chi connectivity index (χ0v) is 27.9. The van der Waals surface area contributed by atoms with E-state index in [1.807, 2.05) is 91.2 Å². The number of fused-ring (bicyclic) bond motifs is 2. The van der Waals surface area contributed by atoms with Gasteiger partial charge in [0.15, 0.2) is 11.4 Å². The number of aromatic nitrogens is 1. The van der Waals surface area contributed by atoms with Crippen molar-refractivity contribution in [2.45, 2.75) is 39.7 Å². The molecule has 48 heavy (non-hydrogen) atoms. The van der Waals surface area contributed by atoms with Crippen molar-refractivity contribution in [2.24, 2.45) is 20.5 Å². The summed E-state index contributed by atoms with van der Waals surface area (Å²) in [6, 6.07) is 32.3. The molecule has 4 N–H and O–H groups in total. The molecule has 6 aromatic rings. The molecule has 0 saturated carbocycles. The van der Waals surface area contributed by atoms with Crippen molar-refractivity contribution in [1.82, 2.24) is 4.98 Å². The summed E-state index contributed by atoms with van der Waals surface area (Å²) in [5.41, 5.74) is 10.3. The van der Waals surface area contributed by atoms with Gasteiger partial charge in [0, 0.05) is 50.8 Å². The van der Waals surface area contributed by atoms with E-state index in [0.29, 0.717) is 29.2 Å². The van der Waals surface area contributed by atoms with E-state index in [9.17, 15) is 4.79 Å². The van der Waals surface area contributed by atoms with Crippen LogP contribution in [0.4, 0.5) is 39.3 Å². The fourth-order valence-electron chi connectivity index (χ4n) is 5.01. The summed E-state index contributed by atoms with van der Waals surface area (Å²) in [7, 11) is 0. The van der Waals surface area contributed by atoms with Gasteiger partial charge in [-0.3, -0.25) is 0 Å². The van der Waals surface area contributed by atoms with Crippen LogP contribution in [-0.4, -0.2) is 23.6 Å². The number of nitrogens with one attached hydrogen (secondary N) is 2. The normalized spacial score (nSPS) is 12.2. The van der Waals surface area contributed by atoms with E-state index >= 15 is 0 Å². The Morgan fingerprint density at radius 3 is 2.00 bits per heavy atom. The van der Waals surface area contributed by atoms with Gasteiger partial charge in [0.1, 0.15) is 0 Å². The van der Waals surface area contributed by atoms with Crippen LogP contribution in [0, 0.1) is 0 Å². The first kappa shape index (κ1) is 32.4. The number of rotatable bonds is 13. The second kappa shape index (κ2) is 15.4. The predicted molar refractivity (Wildman–Crippen MR) is 194 cm³/mol. The highest BCUT2D eigenvalue weighted by Crippen LogP contribution is 2.37. The number of esters is 1. The Morgan fingerprint density at radius 1 is 0.792 bits per heavy atom. The molecule has 0 aliphatic rings. The number of hydrogen-bond acceptors (Lipinski definition) is 10. The van der Waals surface area contributed by atoms with E-state index in [-0.39, 0.29) is 0 Å². The number of quaternary nitrogens is 1. The van der Waals surface area contributed by atoms with Gasteiger partial charge in [-0.2, -0.15) is 5.11 Å². The van der Waals surface area contributed by atoms with E-state index in [2.05, 4.69) is 63.1 Å². The molecule has 0 spiro atoms. The SMILES string of the molecule is CCCOC(=O)c1csc(N[NH2+]c2ccc(N=Nc3ccc(N=Nc4ccc(NC(C)CC)c5ccccc45)c4ccccc34)cc2)n1. The number of azo groups is 2.